The Morgan fingerprint density at radius 1 is 1.00 bits per heavy atom. The van der Waals surface area contributed by atoms with E-state index in [1.165, 1.54) is 0 Å². The van der Waals surface area contributed by atoms with E-state index in [4.69, 9.17) is 4.74 Å². The van der Waals surface area contributed by atoms with Crippen molar-refractivity contribution in [3.05, 3.63) is 52.6 Å². The largest absolute Gasteiger partial charge is 0.496 e. The van der Waals surface area contributed by atoms with Crippen LogP contribution < -0.4 is 4.74 Å². The summed E-state index contributed by atoms with van der Waals surface area (Å²) in [6, 6.07) is 9.94. The van der Waals surface area contributed by atoms with E-state index >= 15 is 0 Å². The fourth-order valence-corrected chi connectivity index (χ4v) is 2.42. The highest BCUT2D eigenvalue weighted by molar-refractivity contribution is 5.90. The molecule has 0 heterocycles. The summed E-state index contributed by atoms with van der Waals surface area (Å²) in [5.74, 6) is 0.811. The first-order valence-electron chi connectivity index (χ1n) is 6.28. The first kappa shape index (κ1) is 13.3. The van der Waals surface area contributed by atoms with Crippen LogP contribution in [0.5, 0.6) is 5.75 Å². The van der Waals surface area contributed by atoms with Gasteiger partial charge in [-0.15, -0.1) is 0 Å². The summed E-state index contributed by atoms with van der Waals surface area (Å²) >= 11 is 0. The van der Waals surface area contributed by atoms with Gasteiger partial charge in [0.05, 0.1) is 7.11 Å². The van der Waals surface area contributed by atoms with Crippen LogP contribution >= 0.6 is 0 Å². The molecular weight excluding hydrogens is 236 g/mol. The minimum absolute atomic E-state index is 0.691. The molecule has 98 valence electrons. The number of methoxy groups -OCH3 is 1. The highest BCUT2D eigenvalue weighted by Gasteiger charge is 2.13. The molecule has 0 saturated heterocycles. The fourth-order valence-electron chi connectivity index (χ4n) is 2.42. The summed E-state index contributed by atoms with van der Waals surface area (Å²) < 4.78 is 5.48. The Bertz CT molecular complexity index is 627. The second-order valence-electron chi connectivity index (χ2n) is 4.87. The molecule has 0 aromatic heterocycles. The second kappa shape index (κ2) is 5.27. The number of carbonyl (C=O) groups is 1. The van der Waals surface area contributed by atoms with Gasteiger partial charge in [-0.3, -0.25) is 4.79 Å². The van der Waals surface area contributed by atoms with Crippen molar-refractivity contribution in [2.75, 3.05) is 7.11 Å². The average Bonchev–Trinajstić information content (AvgIpc) is 2.37. The van der Waals surface area contributed by atoms with Gasteiger partial charge in [0, 0.05) is 11.1 Å². The lowest BCUT2D eigenvalue weighted by Gasteiger charge is -2.15. The van der Waals surface area contributed by atoms with Crippen molar-refractivity contribution in [3.8, 4) is 16.9 Å². The molecule has 2 rings (SSSR count). The topological polar surface area (TPSA) is 26.3 Å². The van der Waals surface area contributed by atoms with Crippen LogP contribution in [-0.2, 0) is 0 Å². The average molecular weight is 254 g/mol. The van der Waals surface area contributed by atoms with Gasteiger partial charge in [-0.05, 0) is 43.5 Å². The van der Waals surface area contributed by atoms with E-state index in [-0.39, 0.29) is 0 Å². The first-order chi connectivity index (χ1) is 9.06. The van der Waals surface area contributed by atoms with Gasteiger partial charge in [0.25, 0.3) is 0 Å². The zero-order valence-corrected chi connectivity index (χ0v) is 11.8. The van der Waals surface area contributed by atoms with Gasteiger partial charge in [-0.2, -0.15) is 0 Å². The Balaban J connectivity index is 2.78. The Labute approximate surface area is 114 Å². The van der Waals surface area contributed by atoms with Crippen LogP contribution in [0.15, 0.2) is 30.3 Å². The molecule has 0 aliphatic rings. The van der Waals surface area contributed by atoms with Gasteiger partial charge in [-0.25, -0.2) is 0 Å². The molecule has 0 unspecified atom stereocenters. The molecule has 2 nitrogen and oxygen atoms in total. The minimum Gasteiger partial charge on any atom is -0.496 e. The van der Waals surface area contributed by atoms with E-state index in [2.05, 4.69) is 6.07 Å². The van der Waals surface area contributed by atoms with Crippen LogP contribution in [0.4, 0.5) is 0 Å². The van der Waals surface area contributed by atoms with Gasteiger partial charge >= 0.3 is 0 Å². The van der Waals surface area contributed by atoms with Gasteiger partial charge in [0.15, 0.2) is 6.29 Å². The summed E-state index contributed by atoms with van der Waals surface area (Å²) in [5.41, 5.74) is 6.02. The van der Waals surface area contributed by atoms with E-state index < -0.39 is 0 Å². The molecule has 0 saturated carbocycles. The number of carbonyl (C=O) groups excluding carboxylic acids is 1. The summed E-state index contributed by atoms with van der Waals surface area (Å²) in [5, 5.41) is 0. The highest BCUT2D eigenvalue weighted by Crippen LogP contribution is 2.36. The minimum atomic E-state index is 0.691. The molecule has 0 spiro atoms. The summed E-state index contributed by atoms with van der Waals surface area (Å²) in [6.45, 7) is 6.10. The predicted molar refractivity (Wildman–Crippen MR) is 78.0 cm³/mol. The Hall–Kier alpha value is -2.09. The smallest absolute Gasteiger partial charge is 0.150 e. The molecule has 0 amide bonds. The van der Waals surface area contributed by atoms with Crippen LogP contribution in [-0.4, -0.2) is 13.4 Å². The van der Waals surface area contributed by atoms with Crippen molar-refractivity contribution in [1.29, 1.82) is 0 Å². The third-order valence-electron chi connectivity index (χ3n) is 3.27. The van der Waals surface area contributed by atoms with Crippen LogP contribution in [0.1, 0.15) is 27.0 Å². The van der Waals surface area contributed by atoms with Crippen molar-refractivity contribution in [2.45, 2.75) is 20.8 Å². The third kappa shape index (κ3) is 2.53. The molecule has 0 aliphatic heterocycles. The molecule has 0 atom stereocenters. The standard InChI is InChI=1S/C17H18O2/c1-11-5-6-14(10-18)15(8-11)17-13(3)7-12(2)9-16(17)19-4/h5-10H,1-4H3. The number of aldehydes is 1. The number of rotatable bonds is 3. The van der Waals surface area contributed by atoms with E-state index in [9.17, 15) is 4.79 Å². The van der Waals surface area contributed by atoms with Gasteiger partial charge in [0.1, 0.15) is 5.75 Å². The zero-order valence-electron chi connectivity index (χ0n) is 11.8. The number of hydrogen-bond acceptors (Lipinski definition) is 2. The van der Waals surface area contributed by atoms with E-state index in [0.717, 1.165) is 39.9 Å². The van der Waals surface area contributed by atoms with E-state index in [0.29, 0.717) is 5.56 Å². The Morgan fingerprint density at radius 2 is 1.74 bits per heavy atom. The number of ether oxygens (including phenoxy) is 1. The first-order valence-corrected chi connectivity index (χ1v) is 6.28. The summed E-state index contributed by atoms with van der Waals surface area (Å²) in [7, 11) is 1.66. The normalized spacial score (nSPS) is 10.3. The van der Waals surface area contributed by atoms with Crippen molar-refractivity contribution in [1.82, 2.24) is 0 Å². The van der Waals surface area contributed by atoms with Crippen molar-refractivity contribution < 1.29 is 9.53 Å². The molecule has 0 radical (unpaired) electrons. The Kier molecular flexibility index (Phi) is 3.70. The van der Waals surface area contributed by atoms with Gasteiger partial charge in [-0.1, -0.05) is 29.8 Å². The van der Waals surface area contributed by atoms with Crippen LogP contribution in [0, 0.1) is 20.8 Å². The fraction of sp³-hybridized carbons (Fsp3) is 0.235. The maximum Gasteiger partial charge on any atom is 0.150 e. The highest BCUT2D eigenvalue weighted by atomic mass is 16.5. The number of aryl methyl sites for hydroxylation is 3. The van der Waals surface area contributed by atoms with Crippen LogP contribution in [0.25, 0.3) is 11.1 Å². The molecule has 2 aromatic carbocycles. The van der Waals surface area contributed by atoms with E-state index in [1.807, 2.05) is 45.0 Å². The monoisotopic (exact) mass is 254 g/mol. The summed E-state index contributed by atoms with van der Waals surface area (Å²) in [6.07, 6.45) is 0.896. The molecule has 0 aliphatic carbocycles. The molecule has 0 fully saturated rings. The maximum absolute atomic E-state index is 11.2. The quantitative estimate of drug-likeness (QED) is 0.771. The van der Waals surface area contributed by atoms with Crippen molar-refractivity contribution >= 4 is 6.29 Å². The molecular formula is C17H18O2. The summed E-state index contributed by atoms with van der Waals surface area (Å²) in [4.78, 5) is 11.2. The van der Waals surface area contributed by atoms with Crippen molar-refractivity contribution in [2.24, 2.45) is 0 Å². The number of benzene rings is 2. The lowest BCUT2D eigenvalue weighted by Crippen LogP contribution is -1.96. The SMILES string of the molecule is COc1cc(C)cc(C)c1-c1cc(C)ccc1C=O. The van der Waals surface area contributed by atoms with Crippen molar-refractivity contribution in [3.63, 3.8) is 0 Å². The van der Waals surface area contributed by atoms with Crippen LogP contribution in [0.3, 0.4) is 0 Å². The maximum atomic E-state index is 11.2. The zero-order chi connectivity index (χ0) is 14.0. The second-order valence-corrected chi connectivity index (χ2v) is 4.87. The lowest BCUT2D eigenvalue weighted by molar-refractivity contribution is 0.112. The Morgan fingerprint density at radius 3 is 2.37 bits per heavy atom. The lowest BCUT2D eigenvalue weighted by atomic mass is 9.93. The molecule has 2 heteroatoms. The predicted octanol–water partition coefficient (Wildman–Crippen LogP) is 4.10. The number of hydrogen-bond donors (Lipinski definition) is 0. The molecule has 2 aromatic rings. The van der Waals surface area contributed by atoms with E-state index in [1.54, 1.807) is 7.11 Å². The van der Waals surface area contributed by atoms with Gasteiger partial charge < -0.3 is 4.74 Å². The molecule has 19 heavy (non-hydrogen) atoms. The third-order valence-corrected chi connectivity index (χ3v) is 3.27. The molecule has 0 bridgehead atoms. The van der Waals surface area contributed by atoms with Gasteiger partial charge in [0.2, 0.25) is 0 Å². The van der Waals surface area contributed by atoms with Crippen LogP contribution in [0.2, 0.25) is 0 Å². The molecule has 0 N–H and O–H groups in total.